The number of amides is 1. The highest BCUT2D eigenvalue weighted by molar-refractivity contribution is 5.79. The molecule has 0 aliphatic heterocycles. The lowest BCUT2D eigenvalue weighted by Gasteiger charge is -2.14. The smallest absolute Gasteiger partial charge is 0.407 e. The molecule has 1 aliphatic carbocycles. The first kappa shape index (κ1) is 21.7. The van der Waals surface area contributed by atoms with Gasteiger partial charge in [-0.2, -0.15) is 0 Å². The van der Waals surface area contributed by atoms with Gasteiger partial charge in [0, 0.05) is 24.4 Å². The van der Waals surface area contributed by atoms with E-state index in [1.54, 1.807) is 0 Å². The van der Waals surface area contributed by atoms with Gasteiger partial charge >= 0.3 is 6.09 Å². The molecule has 3 nitrogen and oxygen atoms in total. The Morgan fingerprint density at radius 2 is 1.59 bits per heavy atom. The fourth-order valence-electron chi connectivity index (χ4n) is 4.18. The molecule has 0 unspecified atom stereocenters. The predicted molar refractivity (Wildman–Crippen MR) is 130 cm³/mol. The molecule has 1 aliphatic rings. The molecule has 3 heteroatoms. The summed E-state index contributed by atoms with van der Waals surface area (Å²) in [6, 6.07) is 25.1. The zero-order valence-corrected chi connectivity index (χ0v) is 18.6. The number of carbonyl (C=O) groups excluding carboxylic acids is 1. The standard InChI is InChI=1S/C29H29NO2/c1-2-3-10-22-16-18-23(19-17-22)11-8-9-20-30-29(31)32-21-28-26-14-6-4-12-24(26)25-13-5-7-15-27(25)28/h4-7,12-19,28H,2-3,9-10,20-21H2,1H3,(H,30,31). The molecule has 0 saturated carbocycles. The van der Waals surface area contributed by atoms with E-state index in [4.69, 9.17) is 4.74 Å². The number of carbonyl (C=O) groups is 1. The summed E-state index contributed by atoms with van der Waals surface area (Å²) in [7, 11) is 0. The van der Waals surface area contributed by atoms with Crippen LogP contribution in [0.4, 0.5) is 4.79 Å². The molecule has 3 aromatic rings. The van der Waals surface area contributed by atoms with Crippen molar-refractivity contribution in [3.8, 4) is 23.0 Å². The number of aryl methyl sites for hydroxylation is 1. The van der Waals surface area contributed by atoms with Gasteiger partial charge in [0.2, 0.25) is 0 Å². The quantitative estimate of drug-likeness (QED) is 0.357. The SMILES string of the molecule is CCCCc1ccc(C#CCCNC(=O)OCC2c3ccccc3-c3ccccc32)cc1. The number of benzene rings is 3. The van der Waals surface area contributed by atoms with E-state index in [1.807, 2.05) is 24.3 Å². The highest BCUT2D eigenvalue weighted by atomic mass is 16.5. The summed E-state index contributed by atoms with van der Waals surface area (Å²) >= 11 is 0. The first-order valence-electron chi connectivity index (χ1n) is 11.4. The number of rotatable bonds is 7. The fourth-order valence-corrected chi connectivity index (χ4v) is 4.18. The number of unbranched alkanes of at least 4 members (excludes halogenated alkanes) is 1. The van der Waals surface area contributed by atoms with Crippen LogP contribution in [0.2, 0.25) is 0 Å². The van der Waals surface area contributed by atoms with Crippen LogP contribution in [0.1, 0.15) is 54.4 Å². The molecule has 1 amide bonds. The molecule has 32 heavy (non-hydrogen) atoms. The normalized spacial score (nSPS) is 11.8. The van der Waals surface area contributed by atoms with Crippen LogP contribution in [0.5, 0.6) is 0 Å². The van der Waals surface area contributed by atoms with Crippen molar-refractivity contribution in [2.75, 3.05) is 13.2 Å². The number of hydrogen-bond donors (Lipinski definition) is 1. The van der Waals surface area contributed by atoms with E-state index in [1.165, 1.54) is 40.7 Å². The van der Waals surface area contributed by atoms with Crippen LogP contribution in [-0.2, 0) is 11.2 Å². The molecule has 162 valence electrons. The third kappa shape index (κ3) is 5.21. The Kier molecular flexibility index (Phi) is 7.25. The number of nitrogens with one attached hydrogen (secondary N) is 1. The molecule has 0 bridgehead atoms. The minimum absolute atomic E-state index is 0.0771. The molecule has 3 aromatic carbocycles. The van der Waals surface area contributed by atoms with Crippen LogP contribution >= 0.6 is 0 Å². The topological polar surface area (TPSA) is 38.3 Å². The van der Waals surface area contributed by atoms with Crippen LogP contribution in [-0.4, -0.2) is 19.2 Å². The van der Waals surface area contributed by atoms with Gasteiger partial charge in [-0.05, 0) is 52.8 Å². The van der Waals surface area contributed by atoms with Crippen molar-refractivity contribution in [2.45, 2.75) is 38.5 Å². The number of ether oxygens (including phenoxy) is 1. The second-order valence-electron chi connectivity index (χ2n) is 8.10. The average molecular weight is 424 g/mol. The zero-order valence-electron chi connectivity index (χ0n) is 18.6. The van der Waals surface area contributed by atoms with E-state index in [2.05, 4.69) is 72.6 Å². The highest BCUT2D eigenvalue weighted by Crippen LogP contribution is 2.44. The van der Waals surface area contributed by atoms with Gasteiger partial charge in [-0.1, -0.05) is 85.8 Å². The number of alkyl carbamates (subject to hydrolysis) is 1. The lowest BCUT2D eigenvalue weighted by Crippen LogP contribution is -2.26. The molecule has 0 heterocycles. The van der Waals surface area contributed by atoms with Crippen LogP contribution in [0, 0.1) is 11.8 Å². The lowest BCUT2D eigenvalue weighted by atomic mass is 9.98. The van der Waals surface area contributed by atoms with Crippen molar-refractivity contribution >= 4 is 6.09 Å². The molecule has 4 rings (SSSR count). The van der Waals surface area contributed by atoms with Gasteiger partial charge in [0.05, 0.1) is 0 Å². The summed E-state index contributed by atoms with van der Waals surface area (Å²) in [4.78, 5) is 12.2. The number of hydrogen-bond acceptors (Lipinski definition) is 2. The molecular weight excluding hydrogens is 394 g/mol. The van der Waals surface area contributed by atoms with E-state index in [9.17, 15) is 4.79 Å². The van der Waals surface area contributed by atoms with Gasteiger partial charge in [0.25, 0.3) is 0 Å². The fraction of sp³-hybridized carbons (Fsp3) is 0.276. The van der Waals surface area contributed by atoms with Gasteiger partial charge in [0.1, 0.15) is 6.61 Å². The van der Waals surface area contributed by atoms with E-state index in [0.717, 1.165) is 12.0 Å². The van der Waals surface area contributed by atoms with Crippen LogP contribution in [0.15, 0.2) is 72.8 Å². The maximum absolute atomic E-state index is 12.2. The predicted octanol–water partition coefficient (Wildman–Crippen LogP) is 6.31. The lowest BCUT2D eigenvalue weighted by molar-refractivity contribution is 0.143. The van der Waals surface area contributed by atoms with Gasteiger partial charge in [-0.25, -0.2) is 4.79 Å². The molecule has 0 atom stereocenters. The Balaban J connectivity index is 1.23. The summed E-state index contributed by atoms with van der Waals surface area (Å²) < 4.78 is 5.55. The largest absolute Gasteiger partial charge is 0.449 e. The second-order valence-corrected chi connectivity index (χ2v) is 8.10. The van der Waals surface area contributed by atoms with Crippen molar-refractivity contribution < 1.29 is 9.53 Å². The molecule has 0 radical (unpaired) electrons. The average Bonchev–Trinajstić information content (AvgIpc) is 3.16. The van der Waals surface area contributed by atoms with Crippen molar-refractivity contribution in [3.05, 3.63) is 95.1 Å². The minimum atomic E-state index is -0.395. The van der Waals surface area contributed by atoms with Crippen molar-refractivity contribution in [1.29, 1.82) is 0 Å². The molecule has 0 fully saturated rings. The first-order chi connectivity index (χ1) is 15.8. The number of fused-ring (bicyclic) bond motifs is 3. The molecule has 0 aromatic heterocycles. The maximum atomic E-state index is 12.2. The second kappa shape index (κ2) is 10.7. The summed E-state index contributed by atoms with van der Waals surface area (Å²) in [5, 5.41) is 2.81. The van der Waals surface area contributed by atoms with Crippen LogP contribution in [0.3, 0.4) is 0 Å². The molecule has 0 saturated heterocycles. The van der Waals surface area contributed by atoms with E-state index in [-0.39, 0.29) is 5.92 Å². The van der Waals surface area contributed by atoms with Gasteiger partial charge < -0.3 is 10.1 Å². The Bertz CT molecular complexity index is 1080. The Labute approximate surface area is 190 Å². The van der Waals surface area contributed by atoms with E-state index in [0.29, 0.717) is 19.6 Å². The summed E-state index contributed by atoms with van der Waals surface area (Å²) in [5.74, 6) is 6.36. The van der Waals surface area contributed by atoms with Crippen molar-refractivity contribution in [3.63, 3.8) is 0 Å². The zero-order chi connectivity index (χ0) is 22.2. The van der Waals surface area contributed by atoms with Gasteiger partial charge in [0.15, 0.2) is 0 Å². The third-order valence-corrected chi connectivity index (χ3v) is 5.87. The monoisotopic (exact) mass is 423 g/mol. The summed E-state index contributed by atoms with van der Waals surface area (Å²) in [5.41, 5.74) is 7.25. The van der Waals surface area contributed by atoms with Gasteiger partial charge in [-0.3, -0.25) is 0 Å². The van der Waals surface area contributed by atoms with Crippen molar-refractivity contribution in [2.24, 2.45) is 0 Å². The highest BCUT2D eigenvalue weighted by Gasteiger charge is 2.28. The molecule has 0 spiro atoms. The van der Waals surface area contributed by atoms with E-state index < -0.39 is 6.09 Å². The Hall–Kier alpha value is -3.51. The Morgan fingerprint density at radius 3 is 2.25 bits per heavy atom. The van der Waals surface area contributed by atoms with Gasteiger partial charge in [-0.15, -0.1) is 0 Å². The van der Waals surface area contributed by atoms with Crippen molar-refractivity contribution in [1.82, 2.24) is 5.32 Å². The third-order valence-electron chi connectivity index (χ3n) is 5.87. The maximum Gasteiger partial charge on any atom is 0.407 e. The molecular formula is C29H29NO2. The summed E-state index contributed by atoms with van der Waals surface area (Å²) in [6.45, 7) is 3.00. The van der Waals surface area contributed by atoms with Crippen LogP contribution in [0.25, 0.3) is 11.1 Å². The summed E-state index contributed by atoms with van der Waals surface area (Å²) in [6.07, 6.45) is 3.73. The minimum Gasteiger partial charge on any atom is -0.449 e. The van der Waals surface area contributed by atoms with E-state index >= 15 is 0 Å². The Morgan fingerprint density at radius 1 is 0.938 bits per heavy atom. The first-order valence-corrected chi connectivity index (χ1v) is 11.4. The van der Waals surface area contributed by atoms with Crippen LogP contribution < -0.4 is 5.32 Å². The molecule has 1 N–H and O–H groups in total.